The number of aliphatic hydroxyl groups is 1. The minimum absolute atomic E-state index is 0.0195. The Bertz CT molecular complexity index is 2490. The summed E-state index contributed by atoms with van der Waals surface area (Å²) in [6, 6.07) is 6.07. The molecule has 19 heteroatoms. The molecule has 3 aromatic heterocycles. The number of thiazole rings is 1. The third-order valence-corrected chi connectivity index (χ3v) is 10.7. The summed E-state index contributed by atoms with van der Waals surface area (Å²) in [5.74, 6) is -7.64. The summed E-state index contributed by atoms with van der Waals surface area (Å²) >= 11 is 1.17. The zero-order valence-corrected chi connectivity index (χ0v) is 28.9. The fraction of sp³-hybridized carbons (Fsp3) is 0.306. The summed E-state index contributed by atoms with van der Waals surface area (Å²) < 4.78 is 117. The lowest BCUT2D eigenvalue weighted by molar-refractivity contribution is -0.142. The third kappa shape index (κ3) is 6.32. The number of benzene rings is 2. The Labute approximate surface area is 309 Å². The third-order valence-electron chi connectivity index (χ3n) is 9.60. The lowest BCUT2D eigenvalue weighted by Crippen LogP contribution is -2.60. The molecule has 1 fully saturated rings. The van der Waals surface area contributed by atoms with E-state index >= 15 is 8.78 Å². The number of β-amino-alcohol motifs (C(OH)–C–C–N with tert-alkyl or cyclic N) is 1. The molecule has 4 N–H and O–H groups in total. The molecule has 1 aliphatic heterocycles. The highest BCUT2D eigenvalue weighted by atomic mass is 32.1. The summed E-state index contributed by atoms with van der Waals surface area (Å²) in [6.07, 6.45) is -5.57. The number of rotatable bonds is 9. The first-order chi connectivity index (χ1) is 25.8. The molecular weight excluding hydrogens is 762 g/mol. The summed E-state index contributed by atoms with van der Waals surface area (Å²) in [6.45, 7) is 0.989. The molecule has 0 spiro atoms. The number of nitrogens with zero attached hydrogens (tertiary/aromatic N) is 5. The first kappa shape index (κ1) is 36.4. The van der Waals surface area contributed by atoms with Gasteiger partial charge in [-0.25, -0.2) is 18.2 Å². The molecule has 2 aromatic carbocycles. The predicted octanol–water partition coefficient (Wildman–Crippen LogP) is 5.58. The average molecular weight is 788 g/mol. The van der Waals surface area contributed by atoms with E-state index < -0.39 is 100 Å². The molecule has 55 heavy (non-hydrogen) atoms. The largest absolute Gasteiger partial charge is 0.435 e. The number of nitrogens with two attached hydrogens (primary N) is 1. The van der Waals surface area contributed by atoms with Crippen molar-refractivity contribution < 1.29 is 49.8 Å². The molecular formula is C36H25F8N7O3S. The van der Waals surface area contributed by atoms with Crippen LogP contribution in [-0.2, 0) is 29.9 Å². The van der Waals surface area contributed by atoms with Crippen molar-refractivity contribution in [3.05, 3.63) is 93.7 Å². The maximum atomic E-state index is 15.4. The standard InChI is InChI=1S/C36H25F8N7O3S/c1-34(54)13-50(14-34)33-48-32-25(55-33)11-20(16-2-5-23(39)21(9-16)31(45)53)28(47-32)24(8-15-6-17(37)10-18(38)7-15)46-26(52)12-51-30-27(29(49-51)36(42,43)44)19-3-4-22(19)35(30,40)41/h2,5-7,9-11,19,22,24,54H,8,12-14H2,1H3,(H2,45,53)(H,46,52)/t19-,22+,24-/m0/s1. The Kier molecular flexibility index (Phi) is 8.24. The van der Waals surface area contributed by atoms with Crippen molar-refractivity contribution in [2.24, 2.45) is 11.7 Å². The minimum atomic E-state index is -5.15. The van der Waals surface area contributed by atoms with E-state index in [0.717, 1.165) is 24.3 Å². The van der Waals surface area contributed by atoms with Crippen LogP contribution in [0.15, 0.2) is 42.5 Å². The topological polar surface area (TPSA) is 139 Å². The van der Waals surface area contributed by atoms with Crippen molar-refractivity contribution in [3.8, 4) is 23.0 Å². The van der Waals surface area contributed by atoms with Crippen molar-refractivity contribution in [3.63, 3.8) is 0 Å². The van der Waals surface area contributed by atoms with Crippen molar-refractivity contribution in [2.45, 2.75) is 49.5 Å². The number of pyridine rings is 1. The van der Waals surface area contributed by atoms with E-state index in [2.05, 4.69) is 32.2 Å². The number of anilines is 1. The maximum Gasteiger partial charge on any atom is 0.435 e. The number of halogens is 8. The first-order valence-electron chi connectivity index (χ1n) is 16.5. The number of carbonyl (C=O) groups excluding carboxylic acids is 2. The van der Waals surface area contributed by atoms with E-state index in [0.29, 0.717) is 15.9 Å². The molecule has 10 nitrogen and oxygen atoms in total. The van der Waals surface area contributed by atoms with Crippen LogP contribution in [0.5, 0.6) is 0 Å². The molecule has 4 heterocycles. The predicted molar refractivity (Wildman–Crippen MR) is 180 cm³/mol. The Hall–Kier alpha value is -5.61. The van der Waals surface area contributed by atoms with Gasteiger partial charge in [0, 0.05) is 17.2 Å². The van der Waals surface area contributed by atoms with Crippen LogP contribution in [0.25, 0.3) is 21.5 Å². The van der Waals surface area contributed by atoms with Gasteiger partial charge in [0.2, 0.25) is 5.91 Å². The van der Waals surface area contributed by atoms with E-state index in [9.17, 15) is 41.0 Å². The van der Waals surface area contributed by atoms with Crippen LogP contribution in [0.1, 0.15) is 57.5 Å². The minimum Gasteiger partial charge on any atom is -0.386 e. The average Bonchev–Trinajstić information content (AvgIpc) is 3.67. The fourth-order valence-corrected chi connectivity index (χ4v) is 8.18. The van der Waals surface area contributed by atoms with Crippen molar-refractivity contribution in [1.29, 1.82) is 0 Å². The maximum absolute atomic E-state index is 15.4. The smallest absolute Gasteiger partial charge is 0.386 e. The van der Waals surface area contributed by atoms with Crippen LogP contribution in [-0.4, -0.2) is 55.4 Å². The van der Waals surface area contributed by atoms with Gasteiger partial charge >= 0.3 is 12.1 Å². The molecule has 2 amide bonds. The second-order valence-electron chi connectivity index (χ2n) is 13.9. The van der Waals surface area contributed by atoms with E-state index in [1.54, 1.807) is 17.9 Å². The molecule has 5 aromatic rings. The summed E-state index contributed by atoms with van der Waals surface area (Å²) in [5, 5.41) is 16.7. The highest BCUT2D eigenvalue weighted by molar-refractivity contribution is 7.22. The molecule has 1 saturated heterocycles. The molecule has 0 unspecified atom stereocenters. The van der Waals surface area contributed by atoms with Gasteiger partial charge in [-0.1, -0.05) is 29.2 Å². The summed E-state index contributed by atoms with van der Waals surface area (Å²) in [7, 11) is 0. The van der Waals surface area contributed by atoms with Gasteiger partial charge in [0.15, 0.2) is 16.5 Å². The van der Waals surface area contributed by atoms with Crippen LogP contribution in [0, 0.1) is 35.2 Å². The van der Waals surface area contributed by atoms with Crippen LogP contribution >= 0.6 is 11.3 Å². The van der Waals surface area contributed by atoms with Gasteiger partial charge in [-0.2, -0.15) is 32.0 Å². The number of alkyl halides is 5. The van der Waals surface area contributed by atoms with Gasteiger partial charge in [-0.3, -0.25) is 14.3 Å². The number of fused-ring (bicyclic) bond motifs is 4. The highest BCUT2D eigenvalue weighted by Crippen LogP contribution is 2.58. The van der Waals surface area contributed by atoms with Crippen molar-refractivity contribution in [2.75, 3.05) is 18.0 Å². The summed E-state index contributed by atoms with van der Waals surface area (Å²) in [5.41, 5.74) is 0.768. The van der Waals surface area contributed by atoms with E-state index in [1.165, 1.54) is 17.4 Å². The van der Waals surface area contributed by atoms with Crippen LogP contribution in [0.2, 0.25) is 0 Å². The zero-order chi connectivity index (χ0) is 39.4. The first-order valence-corrected chi connectivity index (χ1v) is 17.3. The van der Waals surface area contributed by atoms with Gasteiger partial charge in [-0.15, -0.1) is 0 Å². The van der Waals surface area contributed by atoms with Crippen molar-refractivity contribution in [1.82, 2.24) is 25.1 Å². The number of hydrogen-bond acceptors (Lipinski definition) is 8. The Balaban J connectivity index is 1.24. The normalized spacial score (nSPS) is 19.5. The molecule has 3 atom stereocenters. The molecule has 0 saturated carbocycles. The summed E-state index contributed by atoms with van der Waals surface area (Å²) in [4.78, 5) is 37.0. The van der Waals surface area contributed by atoms with E-state index in [-0.39, 0.29) is 45.8 Å². The fourth-order valence-electron chi connectivity index (χ4n) is 7.23. The van der Waals surface area contributed by atoms with Gasteiger partial charge in [-0.05, 0) is 54.8 Å². The Morgan fingerprint density at radius 1 is 1.07 bits per heavy atom. The van der Waals surface area contributed by atoms with Gasteiger partial charge in [0.1, 0.15) is 35.6 Å². The Morgan fingerprint density at radius 3 is 2.40 bits per heavy atom. The number of primary amides is 1. The number of aromatic nitrogens is 4. The van der Waals surface area contributed by atoms with Crippen LogP contribution < -0.4 is 16.0 Å². The molecule has 8 rings (SSSR count). The highest BCUT2D eigenvalue weighted by Gasteiger charge is 2.62. The zero-order valence-electron chi connectivity index (χ0n) is 28.1. The Morgan fingerprint density at radius 2 is 1.78 bits per heavy atom. The number of amides is 2. The molecule has 3 aliphatic rings. The monoisotopic (exact) mass is 787 g/mol. The van der Waals surface area contributed by atoms with Gasteiger partial charge < -0.3 is 21.1 Å². The molecule has 0 radical (unpaired) electrons. The molecule has 284 valence electrons. The lowest BCUT2D eigenvalue weighted by Gasteiger charge is -2.43. The van der Waals surface area contributed by atoms with E-state index in [4.69, 9.17) is 5.73 Å². The second kappa shape index (κ2) is 12.5. The van der Waals surface area contributed by atoms with Crippen LogP contribution in [0.4, 0.5) is 40.3 Å². The van der Waals surface area contributed by atoms with E-state index in [1.807, 2.05) is 0 Å². The van der Waals surface area contributed by atoms with Crippen molar-refractivity contribution >= 4 is 38.6 Å². The van der Waals surface area contributed by atoms with Gasteiger partial charge in [0.25, 0.3) is 5.91 Å². The number of hydrogen-bond donors (Lipinski definition) is 3. The van der Waals surface area contributed by atoms with Gasteiger partial charge in [0.05, 0.1) is 46.6 Å². The number of nitrogens with one attached hydrogen (secondary N) is 1. The molecule has 0 bridgehead atoms. The quantitative estimate of drug-likeness (QED) is 0.131. The number of carbonyl (C=O) groups is 2. The van der Waals surface area contributed by atoms with Crippen LogP contribution in [0.3, 0.4) is 0 Å². The lowest BCUT2D eigenvalue weighted by atomic mass is 9.84. The molecule has 2 aliphatic carbocycles. The second-order valence-corrected chi connectivity index (χ2v) is 14.9. The SMILES string of the molecule is CC1(O)CN(c2nc3nc([C@H](Cc4cc(F)cc(F)c4)NC(=O)Cn4nc(C(F)(F)F)c5c4C(F)(F)[C@@H]4C#C[C@H]54)c(-c4ccc(F)c(C(N)=O)c4)cc3s2)C1.